The number of methoxy groups -OCH3 is 3. The molecule has 2 aromatic rings. The van der Waals surface area contributed by atoms with Crippen molar-refractivity contribution in [1.82, 2.24) is 5.32 Å². The maximum Gasteiger partial charge on any atom is 0.123 e. The smallest absolute Gasteiger partial charge is 0.123 e. The summed E-state index contributed by atoms with van der Waals surface area (Å²) in [6.07, 6.45) is 1.63. The Morgan fingerprint density at radius 3 is 2.33 bits per heavy atom. The molecule has 0 saturated carbocycles. The monoisotopic (exact) mass is 332 g/mol. The molecule has 0 aliphatic rings. The SMILES string of the molecule is [2H]C([2H])([2H])Oc1ccccc1CNCCc1cc(OC)c(CC)cc1OC. The summed E-state index contributed by atoms with van der Waals surface area (Å²) in [4.78, 5) is 0. The average Bonchev–Trinajstić information content (AvgIpc) is 2.64. The highest BCUT2D eigenvalue weighted by Gasteiger charge is 2.10. The normalized spacial score (nSPS) is 12.9. The van der Waals surface area contributed by atoms with Gasteiger partial charge in [-0.05, 0) is 48.7 Å². The third-order valence-corrected chi connectivity index (χ3v) is 4.03. The molecule has 130 valence electrons. The molecule has 0 unspecified atom stereocenters. The van der Waals surface area contributed by atoms with Crippen LogP contribution in [0.3, 0.4) is 0 Å². The molecular formula is C20H27NO3. The van der Waals surface area contributed by atoms with Gasteiger partial charge in [-0.3, -0.25) is 0 Å². The minimum absolute atomic E-state index is 0.372. The van der Waals surface area contributed by atoms with Gasteiger partial charge in [-0.15, -0.1) is 0 Å². The first-order chi connectivity index (χ1) is 12.9. The zero-order chi connectivity index (χ0) is 19.9. The summed E-state index contributed by atoms with van der Waals surface area (Å²) in [6, 6.07) is 11.2. The van der Waals surface area contributed by atoms with Gasteiger partial charge in [0, 0.05) is 12.1 Å². The Bertz CT molecular complexity index is 748. The fraction of sp³-hybridized carbons (Fsp3) is 0.400. The number of nitrogens with one attached hydrogen (secondary N) is 1. The molecule has 0 amide bonds. The number of benzene rings is 2. The number of rotatable bonds is 9. The van der Waals surface area contributed by atoms with E-state index in [-0.39, 0.29) is 0 Å². The van der Waals surface area contributed by atoms with Crippen LogP contribution in [0.25, 0.3) is 0 Å². The molecule has 2 rings (SSSR count). The van der Waals surface area contributed by atoms with Crippen molar-refractivity contribution < 1.29 is 18.3 Å². The van der Waals surface area contributed by atoms with Crippen molar-refractivity contribution in [2.75, 3.05) is 27.8 Å². The molecule has 0 spiro atoms. The largest absolute Gasteiger partial charge is 0.496 e. The number of aryl methyl sites for hydroxylation is 1. The van der Waals surface area contributed by atoms with Crippen LogP contribution in [0, 0.1) is 0 Å². The van der Waals surface area contributed by atoms with Crippen LogP contribution in [0.2, 0.25) is 0 Å². The Morgan fingerprint density at radius 2 is 1.62 bits per heavy atom. The van der Waals surface area contributed by atoms with Gasteiger partial charge in [-0.2, -0.15) is 0 Å². The third-order valence-electron chi connectivity index (χ3n) is 4.03. The third kappa shape index (κ3) is 4.42. The molecule has 0 heterocycles. The van der Waals surface area contributed by atoms with Crippen LogP contribution in [0.4, 0.5) is 0 Å². The Balaban J connectivity index is 2.00. The topological polar surface area (TPSA) is 39.7 Å². The number of hydrogen-bond acceptors (Lipinski definition) is 4. The van der Waals surface area contributed by atoms with Crippen molar-refractivity contribution in [1.29, 1.82) is 0 Å². The summed E-state index contributed by atoms with van der Waals surface area (Å²) in [5, 5.41) is 3.33. The van der Waals surface area contributed by atoms with E-state index in [2.05, 4.69) is 12.2 Å². The molecule has 0 bridgehead atoms. The summed E-state index contributed by atoms with van der Waals surface area (Å²) >= 11 is 0. The maximum atomic E-state index is 7.27. The van der Waals surface area contributed by atoms with E-state index < -0.39 is 7.04 Å². The molecule has 0 saturated heterocycles. The van der Waals surface area contributed by atoms with Gasteiger partial charge in [0.05, 0.1) is 25.4 Å². The molecule has 24 heavy (non-hydrogen) atoms. The van der Waals surface area contributed by atoms with Gasteiger partial charge in [0.25, 0.3) is 0 Å². The molecule has 4 heteroatoms. The van der Waals surface area contributed by atoms with Crippen LogP contribution in [-0.4, -0.2) is 27.8 Å². The first-order valence-corrected chi connectivity index (χ1v) is 8.09. The lowest BCUT2D eigenvalue weighted by Gasteiger charge is -2.15. The summed E-state index contributed by atoms with van der Waals surface area (Å²) in [6.45, 7) is 3.29. The molecule has 0 radical (unpaired) electrons. The van der Waals surface area contributed by atoms with Gasteiger partial charge in [0.15, 0.2) is 0 Å². The Morgan fingerprint density at radius 1 is 0.917 bits per heavy atom. The highest BCUT2D eigenvalue weighted by atomic mass is 16.5. The van der Waals surface area contributed by atoms with E-state index in [0.717, 1.165) is 41.0 Å². The predicted molar refractivity (Wildman–Crippen MR) is 97.3 cm³/mol. The number of para-hydroxylation sites is 1. The number of ether oxygens (including phenoxy) is 3. The maximum absolute atomic E-state index is 7.27. The van der Waals surface area contributed by atoms with Gasteiger partial charge in [0.2, 0.25) is 0 Å². The highest BCUT2D eigenvalue weighted by Crippen LogP contribution is 2.29. The van der Waals surface area contributed by atoms with Crippen molar-refractivity contribution in [2.24, 2.45) is 0 Å². The lowest BCUT2D eigenvalue weighted by Crippen LogP contribution is -2.17. The van der Waals surface area contributed by atoms with Crippen LogP contribution in [-0.2, 0) is 19.4 Å². The average molecular weight is 332 g/mol. The molecule has 0 atom stereocenters. The van der Waals surface area contributed by atoms with E-state index in [0.29, 0.717) is 18.8 Å². The van der Waals surface area contributed by atoms with Crippen LogP contribution < -0.4 is 19.5 Å². The summed E-state index contributed by atoms with van der Waals surface area (Å²) in [5.74, 6) is 2.09. The molecule has 0 aliphatic heterocycles. The van der Waals surface area contributed by atoms with Gasteiger partial charge >= 0.3 is 0 Å². The minimum Gasteiger partial charge on any atom is -0.496 e. The molecular weight excluding hydrogens is 302 g/mol. The summed E-state index contributed by atoms with van der Waals surface area (Å²) in [5.41, 5.74) is 2.98. The zero-order valence-electron chi connectivity index (χ0n) is 17.5. The van der Waals surface area contributed by atoms with Gasteiger partial charge < -0.3 is 19.5 Å². The first-order valence-electron chi connectivity index (χ1n) is 9.59. The highest BCUT2D eigenvalue weighted by molar-refractivity contribution is 5.46. The second-order valence-electron chi connectivity index (χ2n) is 5.47. The van der Waals surface area contributed by atoms with Crippen molar-refractivity contribution in [3.8, 4) is 17.2 Å². The second-order valence-corrected chi connectivity index (χ2v) is 5.47. The minimum atomic E-state index is -2.46. The van der Waals surface area contributed by atoms with E-state index >= 15 is 0 Å². The quantitative estimate of drug-likeness (QED) is 0.712. The molecule has 1 N–H and O–H groups in total. The van der Waals surface area contributed by atoms with E-state index in [9.17, 15) is 0 Å². The molecule has 0 aromatic heterocycles. The Labute approximate surface area is 149 Å². The van der Waals surface area contributed by atoms with E-state index in [4.69, 9.17) is 18.3 Å². The Hall–Kier alpha value is -2.20. The second kappa shape index (κ2) is 9.18. The number of hydrogen-bond donors (Lipinski definition) is 1. The standard InChI is InChI=1S/C20H27NO3/c1-5-15-12-20(24-4)16(13-19(15)23-3)10-11-21-14-17-8-6-7-9-18(17)22-2/h6-9,12-13,21H,5,10-11,14H2,1-4H3/i2D3. The summed E-state index contributed by atoms with van der Waals surface area (Å²) in [7, 11) is 0.881. The zero-order valence-corrected chi connectivity index (χ0v) is 14.5. The molecule has 0 aliphatic carbocycles. The van der Waals surface area contributed by atoms with Crippen LogP contribution >= 0.6 is 0 Å². The van der Waals surface area contributed by atoms with Gasteiger partial charge in [-0.1, -0.05) is 25.1 Å². The molecule has 0 fully saturated rings. The van der Waals surface area contributed by atoms with Crippen molar-refractivity contribution in [3.63, 3.8) is 0 Å². The van der Waals surface area contributed by atoms with Crippen molar-refractivity contribution >= 4 is 0 Å². The first kappa shape index (κ1) is 14.2. The van der Waals surface area contributed by atoms with E-state index in [1.807, 2.05) is 24.3 Å². The van der Waals surface area contributed by atoms with Crippen LogP contribution in [0.5, 0.6) is 17.2 Å². The summed E-state index contributed by atoms with van der Waals surface area (Å²) < 4.78 is 37.9. The fourth-order valence-corrected chi connectivity index (χ4v) is 2.69. The van der Waals surface area contributed by atoms with Crippen LogP contribution in [0.15, 0.2) is 36.4 Å². The molecule has 2 aromatic carbocycles. The fourth-order valence-electron chi connectivity index (χ4n) is 2.69. The van der Waals surface area contributed by atoms with E-state index in [1.165, 1.54) is 0 Å². The molecule has 4 nitrogen and oxygen atoms in total. The van der Waals surface area contributed by atoms with Gasteiger partial charge in [-0.25, -0.2) is 0 Å². The van der Waals surface area contributed by atoms with Crippen LogP contribution in [0.1, 0.15) is 27.7 Å². The van der Waals surface area contributed by atoms with Gasteiger partial charge in [0.1, 0.15) is 17.2 Å². The lowest BCUT2D eigenvalue weighted by molar-refractivity contribution is 0.394. The van der Waals surface area contributed by atoms with Crippen molar-refractivity contribution in [3.05, 3.63) is 53.1 Å². The van der Waals surface area contributed by atoms with E-state index in [1.54, 1.807) is 26.4 Å². The van der Waals surface area contributed by atoms with Crippen molar-refractivity contribution in [2.45, 2.75) is 26.3 Å². The lowest BCUT2D eigenvalue weighted by atomic mass is 10.0. The Kier molecular flexibility index (Phi) is 5.42. The predicted octanol–water partition coefficient (Wildman–Crippen LogP) is 3.61.